The zero-order valence-corrected chi connectivity index (χ0v) is 12.2. The van der Waals surface area contributed by atoms with E-state index in [0.717, 1.165) is 30.9 Å². The first kappa shape index (κ1) is 13.0. The normalized spacial score (nSPS) is 17.4. The predicted molar refractivity (Wildman–Crippen MR) is 79.5 cm³/mol. The van der Waals surface area contributed by atoms with Gasteiger partial charge in [0, 0.05) is 37.6 Å². The van der Waals surface area contributed by atoms with Crippen LogP contribution >= 0.6 is 0 Å². The van der Waals surface area contributed by atoms with Crippen LogP contribution in [-0.2, 0) is 13.0 Å². The van der Waals surface area contributed by atoms with Crippen molar-refractivity contribution in [1.82, 2.24) is 29.5 Å². The highest BCUT2D eigenvalue weighted by Gasteiger charge is 2.23. The number of nitrogens with zero attached hydrogens (tertiary/aromatic N) is 5. The third-order valence-electron chi connectivity index (χ3n) is 3.97. The summed E-state index contributed by atoms with van der Waals surface area (Å²) in [4.78, 5) is 21.2. The fraction of sp³-hybridized carbons (Fsp3) is 0.333. The van der Waals surface area contributed by atoms with Gasteiger partial charge in [0.05, 0.1) is 11.9 Å². The zero-order chi connectivity index (χ0) is 15.1. The smallest absolute Gasteiger partial charge is 0.257 e. The molecule has 1 N–H and O–H groups in total. The van der Waals surface area contributed by atoms with Crippen LogP contribution in [0.5, 0.6) is 0 Å². The Morgan fingerprint density at radius 3 is 3.27 bits per heavy atom. The number of rotatable bonds is 2. The topological polar surface area (TPSA) is 77.1 Å². The molecule has 1 atom stereocenters. The van der Waals surface area contributed by atoms with Gasteiger partial charge in [0.2, 0.25) is 0 Å². The Balaban J connectivity index is 1.53. The Labute approximate surface area is 127 Å². The van der Waals surface area contributed by atoms with Crippen LogP contribution in [0.1, 0.15) is 28.3 Å². The maximum atomic E-state index is 12.5. The second kappa shape index (κ2) is 4.94. The molecule has 0 saturated carbocycles. The molecular weight excluding hydrogens is 280 g/mol. The van der Waals surface area contributed by atoms with E-state index in [4.69, 9.17) is 0 Å². The molecule has 3 aromatic heterocycles. The number of hydrogen-bond acceptors (Lipinski definition) is 4. The molecule has 4 heterocycles. The molecule has 4 rings (SSSR count). The number of nitrogens with one attached hydrogen (secondary N) is 1. The summed E-state index contributed by atoms with van der Waals surface area (Å²) in [5, 5.41) is 7.23. The van der Waals surface area contributed by atoms with Crippen LogP contribution in [0.3, 0.4) is 0 Å². The van der Waals surface area contributed by atoms with Crippen molar-refractivity contribution in [1.29, 1.82) is 0 Å². The van der Waals surface area contributed by atoms with Crippen molar-refractivity contribution in [3.05, 3.63) is 47.9 Å². The van der Waals surface area contributed by atoms with Gasteiger partial charge in [0.1, 0.15) is 11.4 Å². The number of hydrogen-bond donors (Lipinski definition) is 1. The molecule has 1 aliphatic rings. The van der Waals surface area contributed by atoms with Crippen LogP contribution in [0.4, 0.5) is 0 Å². The largest absolute Gasteiger partial charge is 0.347 e. The van der Waals surface area contributed by atoms with Crippen molar-refractivity contribution in [2.24, 2.45) is 0 Å². The van der Waals surface area contributed by atoms with Crippen LogP contribution in [0, 0.1) is 6.92 Å². The quantitative estimate of drug-likeness (QED) is 0.764. The Hall–Kier alpha value is -2.70. The minimum absolute atomic E-state index is 0.104. The van der Waals surface area contributed by atoms with Crippen LogP contribution in [0.25, 0.3) is 5.65 Å². The van der Waals surface area contributed by atoms with E-state index in [1.165, 1.54) is 0 Å². The maximum Gasteiger partial charge on any atom is 0.257 e. The van der Waals surface area contributed by atoms with Gasteiger partial charge in [0.25, 0.3) is 5.91 Å². The second-order valence-electron chi connectivity index (χ2n) is 5.61. The van der Waals surface area contributed by atoms with Crippen LogP contribution in [0.15, 0.2) is 30.9 Å². The average molecular weight is 296 g/mol. The lowest BCUT2D eigenvalue weighted by Crippen LogP contribution is -2.40. The third-order valence-corrected chi connectivity index (χ3v) is 3.97. The first-order valence-corrected chi connectivity index (χ1v) is 7.32. The average Bonchev–Trinajstić information content (AvgIpc) is 3.09. The third kappa shape index (κ3) is 2.14. The van der Waals surface area contributed by atoms with Gasteiger partial charge in [-0.05, 0) is 19.4 Å². The fourth-order valence-electron chi connectivity index (χ4n) is 2.95. The van der Waals surface area contributed by atoms with Gasteiger partial charge in [0.15, 0.2) is 5.65 Å². The van der Waals surface area contributed by atoms with Gasteiger partial charge < -0.3 is 9.88 Å². The number of fused-ring (bicyclic) bond motifs is 2. The van der Waals surface area contributed by atoms with Gasteiger partial charge in [-0.15, -0.1) is 0 Å². The molecule has 7 heteroatoms. The molecule has 3 aromatic rings. The molecule has 112 valence electrons. The van der Waals surface area contributed by atoms with Crippen molar-refractivity contribution in [3.63, 3.8) is 0 Å². The summed E-state index contributed by atoms with van der Waals surface area (Å²) in [5.41, 5.74) is 2.11. The molecule has 0 bridgehead atoms. The molecule has 1 unspecified atom stereocenters. The maximum absolute atomic E-state index is 12.5. The summed E-state index contributed by atoms with van der Waals surface area (Å²) in [5.74, 6) is 0.972. The summed E-state index contributed by atoms with van der Waals surface area (Å²) >= 11 is 0. The second-order valence-corrected chi connectivity index (χ2v) is 5.61. The molecule has 0 aliphatic carbocycles. The molecule has 0 saturated heterocycles. The Morgan fingerprint density at radius 2 is 2.36 bits per heavy atom. The molecule has 1 amide bonds. The fourth-order valence-corrected chi connectivity index (χ4v) is 2.95. The van der Waals surface area contributed by atoms with Crippen LogP contribution in [-0.4, -0.2) is 36.1 Å². The Morgan fingerprint density at radius 1 is 1.45 bits per heavy atom. The number of carbonyl (C=O) groups is 1. The molecular formula is C15H16N6O. The number of imidazole rings is 1. The molecule has 0 aromatic carbocycles. The van der Waals surface area contributed by atoms with E-state index >= 15 is 0 Å². The van der Waals surface area contributed by atoms with Crippen molar-refractivity contribution in [2.75, 3.05) is 0 Å². The molecule has 0 fully saturated rings. The summed E-state index contributed by atoms with van der Waals surface area (Å²) in [6.45, 7) is 2.75. The minimum Gasteiger partial charge on any atom is -0.347 e. The van der Waals surface area contributed by atoms with Gasteiger partial charge in [-0.25, -0.2) is 14.5 Å². The van der Waals surface area contributed by atoms with Gasteiger partial charge in [-0.3, -0.25) is 4.79 Å². The van der Waals surface area contributed by atoms with E-state index in [2.05, 4.69) is 25.0 Å². The van der Waals surface area contributed by atoms with Gasteiger partial charge in [-0.1, -0.05) is 0 Å². The summed E-state index contributed by atoms with van der Waals surface area (Å²) in [6, 6.07) is 1.89. The lowest BCUT2D eigenvalue weighted by Gasteiger charge is -2.24. The highest BCUT2D eigenvalue weighted by atomic mass is 16.1. The van der Waals surface area contributed by atoms with E-state index < -0.39 is 0 Å². The number of aryl methyl sites for hydroxylation is 2. The first-order valence-electron chi connectivity index (χ1n) is 7.32. The first-order chi connectivity index (χ1) is 10.7. The highest BCUT2D eigenvalue weighted by molar-refractivity contribution is 5.99. The molecule has 7 nitrogen and oxygen atoms in total. The van der Waals surface area contributed by atoms with Gasteiger partial charge >= 0.3 is 0 Å². The van der Waals surface area contributed by atoms with E-state index in [9.17, 15) is 4.79 Å². The minimum atomic E-state index is -0.126. The van der Waals surface area contributed by atoms with Crippen LogP contribution in [0.2, 0.25) is 0 Å². The summed E-state index contributed by atoms with van der Waals surface area (Å²) < 4.78 is 3.73. The van der Waals surface area contributed by atoms with Crippen molar-refractivity contribution in [3.8, 4) is 0 Å². The van der Waals surface area contributed by atoms with Gasteiger partial charge in [-0.2, -0.15) is 5.10 Å². The Kier molecular flexibility index (Phi) is 2.92. The van der Waals surface area contributed by atoms with E-state index in [1.54, 1.807) is 29.2 Å². The lowest BCUT2D eigenvalue weighted by molar-refractivity contribution is 0.0929. The van der Waals surface area contributed by atoms with E-state index in [1.807, 2.05) is 13.1 Å². The highest BCUT2D eigenvalue weighted by Crippen LogP contribution is 2.16. The Bertz CT molecular complexity index is 849. The molecule has 0 spiro atoms. The molecule has 0 radical (unpaired) electrons. The monoisotopic (exact) mass is 296 g/mol. The number of carbonyl (C=O) groups excluding carboxylic acids is 1. The van der Waals surface area contributed by atoms with Crippen molar-refractivity contribution >= 4 is 11.6 Å². The summed E-state index contributed by atoms with van der Waals surface area (Å²) in [7, 11) is 0. The van der Waals surface area contributed by atoms with Crippen LogP contribution < -0.4 is 5.32 Å². The van der Waals surface area contributed by atoms with E-state index in [-0.39, 0.29) is 11.9 Å². The SMILES string of the molecule is Cc1cn2c(n1)CCC(NC(=O)c1cnn3cccnc13)C2. The zero-order valence-electron chi connectivity index (χ0n) is 12.2. The predicted octanol–water partition coefficient (Wildman–Crippen LogP) is 0.979. The number of aromatic nitrogens is 5. The van der Waals surface area contributed by atoms with Crippen molar-refractivity contribution in [2.45, 2.75) is 32.4 Å². The summed E-state index contributed by atoms with van der Waals surface area (Å²) in [6.07, 6.45) is 8.81. The lowest BCUT2D eigenvalue weighted by atomic mass is 10.1. The van der Waals surface area contributed by atoms with E-state index in [0.29, 0.717) is 11.2 Å². The number of amides is 1. The standard InChI is InChI=1S/C15H16N6O/c1-10-8-20-9-11(3-4-13(20)18-10)19-15(22)12-7-17-21-6-2-5-16-14(12)21/h2,5-8,11H,3-4,9H2,1H3,(H,19,22). The molecule has 22 heavy (non-hydrogen) atoms. The van der Waals surface area contributed by atoms with Crippen molar-refractivity contribution < 1.29 is 4.79 Å². The molecule has 1 aliphatic heterocycles.